The molecule has 0 bridgehead atoms. The molecule has 5 nitrogen and oxygen atoms in total. The number of benzene rings is 1. The largest absolute Gasteiger partial charge is 0.463 e. The molecular weight excluding hydrogens is 326 g/mol. The standard InChI is InChI=1S/C21H17N3O2/c1-14-7-8-18-16(11-14)17(12-19(24-18)20-6-4-10-26-20)21(25)23-13-15-5-2-3-9-22-15/h2-12H,13H2,1H3,(H,23,25). The van der Waals surface area contributed by atoms with Gasteiger partial charge in [0.2, 0.25) is 0 Å². The number of fused-ring (bicyclic) bond motifs is 1. The fourth-order valence-corrected chi connectivity index (χ4v) is 2.85. The molecule has 0 unspecified atom stereocenters. The van der Waals surface area contributed by atoms with Crippen molar-refractivity contribution in [1.29, 1.82) is 0 Å². The molecular formula is C21H17N3O2. The predicted molar refractivity (Wildman–Crippen MR) is 99.6 cm³/mol. The maximum atomic E-state index is 12.9. The normalized spacial score (nSPS) is 10.8. The van der Waals surface area contributed by atoms with Crippen LogP contribution in [0.5, 0.6) is 0 Å². The average molecular weight is 343 g/mol. The third kappa shape index (κ3) is 3.19. The van der Waals surface area contributed by atoms with E-state index in [1.54, 1.807) is 24.6 Å². The molecule has 1 aromatic carbocycles. The smallest absolute Gasteiger partial charge is 0.252 e. The van der Waals surface area contributed by atoms with Gasteiger partial charge in [-0.05, 0) is 49.4 Å². The number of carbonyl (C=O) groups excluding carboxylic acids is 1. The second kappa shape index (κ2) is 6.80. The van der Waals surface area contributed by atoms with Gasteiger partial charge in [0, 0.05) is 11.6 Å². The van der Waals surface area contributed by atoms with E-state index in [0.717, 1.165) is 22.2 Å². The van der Waals surface area contributed by atoms with Gasteiger partial charge in [-0.3, -0.25) is 9.78 Å². The molecule has 3 aromatic heterocycles. The molecule has 0 saturated carbocycles. The highest BCUT2D eigenvalue weighted by Gasteiger charge is 2.15. The number of furan rings is 1. The molecule has 128 valence electrons. The molecule has 26 heavy (non-hydrogen) atoms. The molecule has 1 amide bonds. The summed E-state index contributed by atoms with van der Waals surface area (Å²) in [5.74, 6) is 0.465. The molecule has 0 spiro atoms. The zero-order valence-electron chi connectivity index (χ0n) is 14.3. The zero-order chi connectivity index (χ0) is 17.9. The number of nitrogens with zero attached hydrogens (tertiary/aromatic N) is 2. The summed E-state index contributed by atoms with van der Waals surface area (Å²) in [6.45, 7) is 2.36. The van der Waals surface area contributed by atoms with Gasteiger partial charge in [-0.25, -0.2) is 4.98 Å². The van der Waals surface area contributed by atoms with Crippen molar-refractivity contribution in [1.82, 2.24) is 15.3 Å². The quantitative estimate of drug-likeness (QED) is 0.605. The van der Waals surface area contributed by atoms with Gasteiger partial charge in [0.1, 0.15) is 5.69 Å². The van der Waals surface area contributed by atoms with Gasteiger partial charge in [0.25, 0.3) is 5.91 Å². The lowest BCUT2D eigenvalue weighted by molar-refractivity contribution is 0.0952. The number of aromatic nitrogens is 2. The maximum Gasteiger partial charge on any atom is 0.252 e. The SMILES string of the molecule is Cc1ccc2nc(-c3ccco3)cc(C(=O)NCc3ccccn3)c2c1. The van der Waals surface area contributed by atoms with Gasteiger partial charge >= 0.3 is 0 Å². The van der Waals surface area contributed by atoms with Crippen molar-refractivity contribution in [2.75, 3.05) is 0 Å². The Morgan fingerprint density at radius 1 is 1.12 bits per heavy atom. The Bertz CT molecular complexity index is 1060. The summed E-state index contributed by atoms with van der Waals surface area (Å²) in [5, 5.41) is 3.76. The highest BCUT2D eigenvalue weighted by Crippen LogP contribution is 2.26. The van der Waals surface area contributed by atoms with Crippen molar-refractivity contribution in [3.8, 4) is 11.5 Å². The van der Waals surface area contributed by atoms with Crippen LogP contribution in [0.25, 0.3) is 22.4 Å². The summed E-state index contributed by atoms with van der Waals surface area (Å²) in [4.78, 5) is 21.7. The van der Waals surface area contributed by atoms with Crippen LogP contribution in [0.15, 0.2) is 71.5 Å². The molecule has 0 aliphatic rings. The first-order valence-corrected chi connectivity index (χ1v) is 8.34. The van der Waals surface area contributed by atoms with E-state index in [2.05, 4.69) is 15.3 Å². The van der Waals surface area contributed by atoms with E-state index in [1.165, 1.54) is 0 Å². The molecule has 0 saturated heterocycles. The Hall–Kier alpha value is -3.47. The second-order valence-electron chi connectivity index (χ2n) is 6.06. The lowest BCUT2D eigenvalue weighted by atomic mass is 10.0. The van der Waals surface area contributed by atoms with Crippen LogP contribution in [-0.2, 0) is 6.54 Å². The molecule has 0 aliphatic heterocycles. The van der Waals surface area contributed by atoms with Crippen LogP contribution in [-0.4, -0.2) is 15.9 Å². The number of hydrogen-bond acceptors (Lipinski definition) is 4. The minimum atomic E-state index is -0.165. The second-order valence-corrected chi connectivity index (χ2v) is 6.06. The summed E-state index contributed by atoms with van der Waals surface area (Å²) in [6, 6.07) is 16.9. The third-order valence-electron chi connectivity index (χ3n) is 4.14. The van der Waals surface area contributed by atoms with Crippen LogP contribution >= 0.6 is 0 Å². The summed E-state index contributed by atoms with van der Waals surface area (Å²) < 4.78 is 5.45. The van der Waals surface area contributed by atoms with E-state index < -0.39 is 0 Å². The first-order valence-electron chi connectivity index (χ1n) is 8.34. The fraction of sp³-hybridized carbons (Fsp3) is 0.0952. The lowest BCUT2D eigenvalue weighted by Crippen LogP contribution is -2.23. The number of carbonyl (C=O) groups is 1. The van der Waals surface area contributed by atoms with E-state index in [4.69, 9.17) is 4.42 Å². The van der Waals surface area contributed by atoms with Crippen LogP contribution in [0.4, 0.5) is 0 Å². The van der Waals surface area contributed by atoms with Crippen LogP contribution in [0.3, 0.4) is 0 Å². The van der Waals surface area contributed by atoms with Gasteiger partial charge in [-0.1, -0.05) is 17.7 Å². The molecule has 4 rings (SSSR count). The highest BCUT2D eigenvalue weighted by molar-refractivity contribution is 6.07. The summed E-state index contributed by atoms with van der Waals surface area (Å²) >= 11 is 0. The van der Waals surface area contributed by atoms with Crippen LogP contribution in [0.2, 0.25) is 0 Å². The molecule has 3 heterocycles. The van der Waals surface area contributed by atoms with Crippen molar-refractivity contribution < 1.29 is 9.21 Å². The molecule has 4 aromatic rings. The van der Waals surface area contributed by atoms with Crippen LogP contribution < -0.4 is 5.32 Å². The monoisotopic (exact) mass is 343 g/mol. The number of nitrogens with one attached hydrogen (secondary N) is 1. The topological polar surface area (TPSA) is 68.0 Å². The van der Waals surface area contributed by atoms with E-state index in [0.29, 0.717) is 23.6 Å². The van der Waals surface area contributed by atoms with E-state index >= 15 is 0 Å². The van der Waals surface area contributed by atoms with Gasteiger partial charge in [0.15, 0.2) is 5.76 Å². The van der Waals surface area contributed by atoms with Crippen LogP contribution in [0, 0.1) is 6.92 Å². The highest BCUT2D eigenvalue weighted by atomic mass is 16.3. The van der Waals surface area contributed by atoms with Gasteiger partial charge < -0.3 is 9.73 Å². The predicted octanol–water partition coefficient (Wildman–Crippen LogP) is 4.13. The summed E-state index contributed by atoms with van der Waals surface area (Å²) in [6.07, 6.45) is 3.30. The van der Waals surface area contributed by atoms with Gasteiger partial charge in [-0.2, -0.15) is 0 Å². The molecule has 0 aliphatic carbocycles. The van der Waals surface area contributed by atoms with E-state index in [1.807, 2.05) is 49.4 Å². The lowest BCUT2D eigenvalue weighted by Gasteiger charge is -2.10. The first-order chi connectivity index (χ1) is 12.7. The Labute approximate surface area is 150 Å². The molecule has 1 N–H and O–H groups in total. The Balaban J connectivity index is 1.74. The maximum absolute atomic E-state index is 12.9. The number of rotatable bonds is 4. The number of aryl methyl sites for hydroxylation is 1. The van der Waals surface area contributed by atoms with Crippen molar-refractivity contribution in [2.45, 2.75) is 13.5 Å². The van der Waals surface area contributed by atoms with Crippen molar-refractivity contribution in [2.24, 2.45) is 0 Å². The number of hydrogen-bond donors (Lipinski definition) is 1. The van der Waals surface area contributed by atoms with Crippen molar-refractivity contribution in [3.05, 3.63) is 83.9 Å². The van der Waals surface area contributed by atoms with Crippen molar-refractivity contribution in [3.63, 3.8) is 0 Å². The van der Waals surface area contributed by atoms with Crippen LogP contribution in [0.1, 0.15) is 21.6 Å². The first kappa shape index (κ1) is 16.0. The number of amides is 1. The molecule has 0 fully saturated rings. The summed E-state index contributed by atoms with van der Waals surface area (Å²) in [5.41, 5.74) is 3.84. The van der Waals surface area contributed by atoms with Gasteiger partial charge in [-0.15, -0.1) is 0 Å². The molecule has 0 atom stereocenters. The van der Waals surface area contributed by atoms with Crippen molar-refractivity contribution >= 4 is 16.8 Å². The third-order valence-corrected chi connectivity index (χ3v) is 4.14. The fourth-order valence-electron chi connectivity index (χ4n) is 2.85. The molecule has 0 radical (unpaired) electrons. The Kier molecular flexibility index (Phi) is 4.19. The summed E-state index contributed by atoms with van der Waals surface area (Å²) in [7, 11) is 0. The average Bonchev–Trinajstić information content (AvgIpc) is 3.21. The number of pyridine rings is 2. The zero-order valence-corrected chi connectivity index (χ0v) is 14.3. The Morgan fingerprint density at radius 3 is 2.81 bits per heavy atom. The Morgan fingerprint density at radius 2 is 2.04 bits per heavy atom. The van der Waals surface area contributed by atoms with E-state index in [9.17, 15) is 4.79 Å². The van der Waals surface area contributed by atoms with Gasteiger partial charge in [0.05, 0.1) is 29.6 Å². The van der Waals surface area contributed by atoms with E-state index in [-0.39, 0.29) is 5.91 Å². The molecule has 5 heteroatoms. The minimum absolute atomic E-state index is 0.165. The minimum Gasteiger partial charge on any atom is -0.463 e.